The molecule has 0 fully saturated rings. The van der Waals surface area contributed by atoms with Gasteiger partial charge in [-0.05, 0) is 36.8 Å². The van der Waals surface area contributed by atoms with Crippen molar-refractivity contribution < 1.29 is 16.8 Å². The van der Waals surface area contributed by atoms with Crippen LogP contribution in [0, 0.1) is 6.92 Å². The van der Waals surface area contributed by atoms with Crippen LogP contribution < -0.4 is 5.14 Å². The van der Waals surface area contributed by atoms with Crippen LogP contribution in [-0.4, -0.2) is 16.8 Å². The molecule has 6 nitrogen and oxygen atoms in total. The Morgan fingerprint density at radius 3 is 2.32 bits per heavy atom. The molecule has 0 aliphatic heterocycles. The smallest absolute Gasteiger partial charge is 0.225 e. The Bertz CT molecular complexity index is 1090. The average Bonchev–Trinajstić information content (AvgIpc) is 2.46. The van der Waals surface area contributed by atoms with E-state index >= 15 is 0 Å². The molecule has 2 N–H and O–H groups in total. The van der Waals surface area contributed by atoms with Gasteiger partial charge >= 0.3 is 10.5 Å². The van der Waals surface area contributed by atoms with E-state index in [2.05, 4.69) is 4.36 Å². The van der Waals surface area contributed by atoms with Crippen LogP contribution in [0.5, 0.6) is 0 Å². The van der Waals surface area contributed by atoms with Gasteiger partial charge in [0.05, 0.1) is 15.7 Å². The Morgan fingerprint density at radius 1 is 1.16 bits per heavy atom. The van der Waals surface area contributed by atoms with E-state index < -0.39 is 25.4 Å². The highest BCUT2D eigenvalue weighted by Gasteiger charge is 2.22. The minimum absolute atomic E-state index is 0.0886. The van der Waals surface area contributed by atoms with Gasteiger partial charge < -0.3 is 0 Å². The molecule has 25 heavy (non-hydrogen) atoms. The molecule has 0 saturated carbocycles. The van der Waals surface area contributed by atoms with Gasteiger partial charge in [-0.2, -0.15) is 8.42 Å². The first-order valence-electron chi connectivity index (χ1n) is 6.30. The van der Waals surface area contributed by atoms with Crippen LogP contribution in [-0.2, 0) is 20.5 Å². The molecule has 0 radical (unpaired) electrons. The first-order chi connectivity index (χ1) is 11.5. The van der Waals surface area contributed by atoms with Crippen molar-refractivity contribution in [1.29, 1.82) is 0 Å². The average molecular weight is 460 g/mol. The quantitative estimate of drug-likeness (QED) is 0.727. The lowest BCUT2D eigenvalue weighted by Gasteiger charge is -2.14. The Kier molecular flexibility index (Phi) is 6.42. The topological polar surface area (TPSA) is 107 Å². The SMILES string of the molecule is Cc1c(N=S(=O)=O)cc(S(N)(=O)=O)c(Cl)c1Sc1ccc(Cl)cc1Cl. The van der Waals surface area contributed by atoms with Crippen LogP contribution in [0.25, 0.3) is 0 Å². The molecule has 12 heteroatoms. The Hall–Kier alpha value is -0.810. The summed E-state index contributed by atoms with van der Waals surface area (Å²) in [6.07, 6.45) is 0. The van der Waals surface area contributed by atoms with Crippen molar-refractivity contribution in [2.24, 2.45) is 9.50 Å². The van der Waals surface area contributed by atoms with E-state index in [4.69, 9.17) is 39.9 Å². The van der Waals surface area contributed by atoms with E-state index in [0.29, 0.717) is 20.5 Å². The Morgan fingerprint density at radius 2 is 1.80 bits per heavy atom. The van der Waals surface area contributed by atoms with E-state index in [1.54, 1.807) is 19.1 Å². The van der Waals surface area contributed by atoms with E-state index in [9.17, 15) is 16.8 Å². The minimum atomic E-state index is -4.20. The molecule has 2 aromatic rings. The highest BCUT2D eigenvalue weighted by Crippen LogP contribution is 2.45. The first-order valence-corrected chi connectivity index (χ1v) is 10.8. The molecular weight excluding hydrogens is 451 g/mol. The van der Waals surface area contributed by atoms with Crippen LogP contribution in [0.3, 0.4) is 0 Å². The molecular formula is C13H9Cl3N2O4S3. The van der Waals surface area contributed by atoms with Crippen molar-refractivity contribution in [2.75, 3.05) is 0 Å². The minimum Gasteiger partial charge on any atom is -0.225 e. The molecule has 0 aliphatic rings. The monoisotopic (exact) mass is 458 g/mol. The Labute approximate surface area is 165 Å². The van der Waals surface area contributed by atoms with Crippen molar-refractivity contribution in [3.8, 4) is 0 Å². The number of sulfonamides is 1. The second kappa shape index (κ2) is 7.83. The van der Waals surface area contributed by atoms with Crippen LogP contribution in [0.4, 0.5) is 5.69 Å². The van der Waals surface area contributed by atoms with Gasteiger partial charge in [-0.3, -0.25) is 0 Å². The summed E-state index contributed by atoms with van der Waals surface area (Å²) in [6.45, 7) is 1.55. The van der Waals surface area contributed by atoms with Crippen molar-refractivity contribution in [3.63, 3.8) is 0 Å². The number of hydrogen-bond donors (Lipinski definition) is 1. The fraction of sp³-hybridized carbons (Fsp3) is 0.0769. The van der Waals surface area contributed by atoms with Crippen molar-refractivity contribution in [3.05, 3.63) is 44.9 Å². The van der Waals surface area contributed by atoms with Gasteiger partial charge in [0.15, 0.2) is 0 Å². The van der Waals surface area contributed by atoms with Crippen molar-refractivity contribution in [2.45, 2.75) is 21.6 Å². The molecule has 0 aliphatic carbocycles. The van der Waals surface area contributed by atoms with Crippen LogP contribution in [0.15, 0.2) is 43.3 Å². The fourth-order valence-electron chi connectivity index (χ4n) is 1.86. The Balaban J connectivity index is 2.77. The zero-order valence-corrected chi connectivity index (χ0v) is 17.0. The predicted octanol–water partition coefficient (Wildman–Crippen LogP) is 4.45. The number of nitrogens with zero attached hydrogens (tertiary/aromatic N) is 1. The van der Waals surface area contributed by atoms with Gasteiger partial charge in [0.2, 0.25) is 10.0 Å². The largest absolute Gasteiger partial charge is 0.316 e. The third-order valence-corrected chi connectivity index (χ3v) is 6.84. The summed E-state index contributed by atoms with van der Waals surface area (Å²) < 4.78 is 48.7. The summed E-state index contributed by atoms with van der Waals surface area (Å²) in [5, 5.41) is 5.76. The standard InChI is InChI=1S/C13H9Cl3N2O4S3/c1-6-9(18-24(19)20)5-11(25(17,21)22)12(16)13(6)23-10-3-2-7(14)4-8(10)15/h2-5H,1H3,(H2,17,21,22). The number of rotatable bonds is 4. The maximum Gasteiger partial charge on any atom is 0.316 e. The van der Waals surface area contributed by atoms with Gasteiger partial charge in [-0.25, -0.2) is 13.6 Å². The normalized spacial score (nSPS) is 11.4. The maximum absolute atomic E-state index is 11.8. The summed E-state index contributed by atoms with van der Waals surface area (Å²) in [6, 6.07) is 5.74. The number of halogens is 3. The zero-order chi connectivity index (χ0) is 18.9. The fourth-order valence-corrected chi connectivity index (χ4v) is 5.03. The van der Waals surface area contributed by atoms with Crippen molar-refractivity contribution in [1.82, 2.24) is 0 Å². The van der Waals surface area contributed by atoms with Crippen LogP contribution >= 0.6 is 46.6 Å². The van der Waals surface area contributed by atoms with E-state index in [1.165, 1.54) is 6.07 Å². The highest BCUT2D eigenvalue weighted by molar-refractivity contribution is 7.99. The molecule has 0 heterocycles. The molecule has 0 saturated heterocycles. The van der Waals surface area contributed by atoms with Crippen molar-refractivity contribution >= 4 is 72.8 Å². The number of primary sulfonamides is 1. The number of nitrogens with two attached hydrogens (primary N) is 1. The van der Waals surface area contributed by atoms with Gasteiger partial charge in [0.1, 0.15) is 4.90 Å². The number of hydrogen-bond acceptors (Lipinski definition) is 6. The number of benzene rings is 2. The molecule has 0 atom stereocenters. The lowest BCUT2D eigenvalue weighted by molar-refractivity contribution is 0.597. The second-order valence-electron chi connectivity index (χ2n) is 4.69. The van der Waals surface area contributed by atoms with E-state index in [-0.39, 0.29) is 15.6 Å². The first kappa shape index (κ1) is 20.5. The van der Waals surface area contributed by atoms with Crippen LogP contribution in [0.1, 0.15) is 5.56 Å². The summed E-state index contributed by atoms with van der Waals surface area (Å²) in [7, 11) is -6.99. The van der Waals surface area contributed by atoms with Crippen LogP contribution in [0.2, 0.25) is 15.1 Å². The molecule has 2 aromatic carbocycles. The summed E-state index contributed by atoms with van der Waals surface area (Å²) in [5.41, 5.74) is 0.270. The lowest BCUT2D eigenvalue weighted by atomic mass is 10.2. The van der Waals surface area contributed by atoms with E-state index in [0.717, 1.165) is 17.8 Å². The summed E-state index contributed by atoms with van der Waals surface area (Å²) in [4.78, 5) is 0.370. The molecule has 0 amide bonds. The predicted molar refractivity (Wildman–Crippen MR) is 99.2 cm³/mol. The highest BCUT2D eigenvalue weighted by atomic mass is 35.5. The lowest BCUT2D eigenvalue weighted by Crippen LogP contribution is -2.13. The summed E-state index contributed by atoms with van der Waals surface area (Å²) >= 11 is 19.2. The molecule has 0 unspecified atom stereocenters. The van der Waals surface area contributed by atoms with Gasteiger partial charge in [0.25, 0.3) is 0 Å². The molecule has 134 valence electrons. The summed E-state index contributed by atoms with van der Waals surface area (Å²) in [5.74, 6) is 0. The van der Waals surface area contributed by atoms with Gasteiger partial charge in [0, 0.05) is 14.8 Å². The van der Waals surface area contributed by atoms with Gasteiger partial charge in [-0.15, -0.1) is 4.36 Å². The molecule has 2 rings (SSSR count). The zero-order valence-electron chi connectivity index (χ0n) is 12.3. The second-order valence-corrected chi connectivity index (χ2v) is 9.11. The molecule has 0 bridgehead atoms. The van der Waals surface area contributed by atoms with Gasteiger partial charge in [-0.1, -0.05) is 46.6 Å². The van der Waals surface area contributed by atoms with E-state index in [1.807, 2.05) is 0 Å². The third-order valence-electron chi connectivity index (χ3n) is 2.99. The maximum atomic E-state index is 11.8. The molecule has 0 aromatic heterocycles. The molecule has 0 spiro atoms. The third kappa shape index (κ3) is 4.88.